The maximum absolute atomic E-state index is 12.8. The molecule has 0 aliphatic carbocycles. The Hall–Kier alpha value is -3.48. The summed E-state index contributed by atoms with van der Waals surface area (Å²) in [7, 11) is 0. The lowest BCUT2D eigenvalue weighted by Gasteiger charge is -2.26. The summed E-state index contributed by atoms with van der Waals surface area (Å²) in [6.45, 7) is 3.44. The maximum Gasteiger partial charge on any atom is 0.341 e. The molecule has 0 spiro atoms. The number of hydrogen-bond acceptors (Lipinski definition) is 4. The van der Waals surface area contributed by atoms with Gasteiger partial charge in [0, 0.05) is 24.4 Å². The summed E-state index contributed by atoms with van der Waals surface area (Å²) in [4.78, 5) is 15.9. The molecule has 0 saturated carbocycles. The molecule has 3 aromatic carbocycles. The van der Waals surface area contributed by atoms with Gasteiger partial charge in [0.05, 0.1) is 12.2 Å². The molecular formula is C29H28N2O2S2. The van der Waals surface area contributed by atoms with Crippen molar-refractivity contribution in [3.05, 3.63) is 124 Å². The first-order valence-corrected chi connectivity index (χ1v) is 12.8. The second-order valence-corrected chi connectivity index (χ2v) is 9.62. The Bertz CT molecular complexity index is 1200. The number of thiocarbonyl (C=S) groups is 1. The lowest BCUT2D eigenvalue weighted by atomic mass is 10.1. The van der Waals surface area contributed by atoms with Crippen molar-refractivity contribution < 1.29 is 9.53 Å². The lowest BCUT2D eigenvalue weighted by molar-refractivity contribution is 0.0528. The zero-order valence-corrected chi connectivity index (χ0v) is 21.3. The number of benzene rings is 3. The maximum atomic E-state index is 12.8. The van der Waals surface area contributed by atoms with Crippen LogP contribution < -0.4 is 5.32 Å². The second-order valence-electron chi connectivity index (χ2n) is 8.10. The van der Waals surface area contributed by atoms with Crippen LogP contribution in [0, 0.1) is 0 Å². The first kappa shape index (κ1) is 24.6. The smallest absolute Gasteiger partial charge is 0.341 e. The van der Waals surface area contributed by atoms with Crippen LogP contribution >= 0.6 is 23.6 Å². The minimum Gasteiger partial charge on any atom is -0.462 e. The van der Waals surface area contributed by atoms with Crippen molar-refractivity contribution in [1.82, 2.24) is 4.90 Å². The van der Waals surface area contributed by atoms with E-state index in [-0.39, 0.29) is 5.97 Å². The fraction of sp³-hybridized carbons (Fsp3) is 0.172. The van der Waals surface area contributed by atoms with Crippen molar-refractivity contribution in [3.8, 4) is 0 Å². The molecule has 0 bridgehead atoms. The SMILES string of the molecule is CCOC(=O)c1cc(Cc2ccccc2)sc1NC(=S)N(Cc1ccccc1)Cc1ccccc1. The van der Waals surface area contributed by atoms with E-state index in [4.69, 9.17) is 17.0 Å². The van der Waals surface area contributed by atoms with Gasteiger partial charge in [-0.3, -0.25) is 0 Å². The third kappa shape index (κ3) is 7.01. The van der Waals surface area contributed by atoms with Crippen LogP contribution in [-0.2, 0) is 24.2 Å². The topological polar surface area (TPSA) is 41.6 Å². The molecule has 0 aliphatic heterocycles. The van der Waals surface area contributed by atoms with Crippen molar-refractivity contribution in [2.75, 3.05) is 11.9 Å². The van der Waals surface area contributed by atoms with Crippen LogP contribution in [0.1, 0.15) is 38.8 Å². The molecule has 6 heteroatoms. The standard InChI is InChI=1S/C29H28N2O2S2/c1-2-33-28(32)26-19-25(18-22-12-6-3-7-13-22)35-27(26)30-29(34)31(20-23-14-8-4-9-15-23)21-24-16-10-5-11-17-24/h3-17,19H,2,18,20-21H2,1H3,(H,30,34). The molecule has 4 nitrogen and oxygen atoms in total. The molecule has 0 amide bonds. The Labute approximate surface area is 216 Å². The van der Waals surface area contributed by atoms with Crippen LogP contribution in [-0.4, -0.2) is 22.6 Å². The zero-order chi connectivity index (χ0) is 24.5. The molecule has 1 heterocycles. The number of esters is 1. The van der Waals surface area contributed by atoms with Gasteiger partial charge in [0.1, 0.15) is 5.00 Å². The molecule has 1 aromatic heterocycles. The minimum atomic E-state index is -0.342. The number of nitrogens with zero attached hydrogens (tertiary/aromatic N) is 1. The Morgan fingerprint density at radius 2 is 1.37 bits per heavy atom. The molecule has 4 aromatic rings. The Kier molecular flexibility index (Phi) is 8.65. The van der Waals surface area contributed by atoms with Gasteiger partial charge in [0.25, 0.3) is 0 Å². The lowest BCUT2D eigenvalue weighted by Crippen LogP contribution is -2.34. The highest BCUT2D eigenvalue weighted by Gasteiger charge is 2.20. The zero-order valence-electron chi connectivity index (χ0n) is 19.6. The van der Waals surface area contributed by atoms with Crippen LogP contribution in [0.25, 0.3) is 0 Å². The largest absolute Gasteiger partial charge is 0.462 e. The number of hydrogen-bond donors (Lipinski definition) is 1. The van der Waals surface area contributed by atoms with Crippen molar-refractivity contribution >= 4 is 39.6 Å². The quantitative estimate of drug-likeness (QED) is 0.200. The summed E-state index contributed by atoms with van der Waals surface area (Å²) in [6, 6.07) is 32.6. The van der Waals surface area contributed by atoms with Gasteiger partial charge in [-0.1, -0.05) is 91.0 Å². The average Bonchev–Trinajstić information content (AvgIpc) is 3.27. The van der Waals surface area contributed by atoms with Crippen LogP contribution in [0.2, 0.25) is 0 Å². The Morgan fingerprint density at radius 1 is 0.857 bits per heavy atom. The molecule has 0 atom stereocenters. The summed E-state index contributed by atoms with van der Waals surface area (Å²) in [5, 5.41) is 4.65. The number of thiophene rings is 1. The predicted octanol–water partition coefficient (Wildman–Crippen LogP) is 6.91. The van der Waals surface area contributed by atoms with E-state index in [0.717, 1.165) is 22.4 Å². The fourth-order valence-corrected chi connectivity index (χ4v) is 5.14. The molecule has 178 valence electrons. The number of carbonyl (C=O) groups is 1. The highest BCUT2D eigenvalue weighted by molar-refractivity contribution is 7.80. The third-order valence-electron chi connectivity index (χ3n) is 5.44. The summed E-state index contributed by atoms with van der Waals surface area (Å²) in [5.41, 5.74) is 4.03. The molecular weight excluding hydrogens is 472 g/mol. The van der Waals surface area contributed by atoms with E-state index in [1.165, 1.54) is 5.56 Å². The molecule has 0 radical (unpaired) electrons. The molecule has 0 fully saturated rings. The fourth-order valence-electron chi connectivity index (χ4n) is 3.76. The number of carbonyl (C=O) groups excluding carboxylic acids is 1. The van der Waals surface area contributed by atoms with E-state index >= 15 is 0 Å². The van der Waals surface area contributed by atoms with Gasteiger partial charge in [0.2, 0.25) is 0 Å². The van der Waals surface area contributed by atoms with Crippen molar-refractivity contribution in [2.45, 2.75) is 26.4 Å². The van der Waals surface area contributed by atoms with Gasteiger partial charge in [-0.05, 0) is 41.9 Å². The summed E-state index contributed by atoms with van der Waals surface area (Å²) >= 11 is 7.42. The monoisotopic (exact) mass is 500 g/mol. The number of nitrogens with one attached hydrogen (secondary N) is 1. The number of rotatable bonds is 9. The van der Waals surface area contributed by atoms with Gasteiger partial charge in [0.15, 0.2) is 5.11 Å². The second kappa shape index (κ2) is 12.3. The van der Waals surface area contributed by atoms with E-state index in [1.54, 1.807) is 11.3 Å². The molecule has 0 aliphatic rings. The first-order valence-electron chi connectivity index (χ1n) is 11.6. The van der Waals surface area contributed by atoms with Crippen LogP contribution in [0.3, 0.4) is 0 Å². The predicted molar refractivity (Wildman–Crippen MR) is 148 cm³/mol. The summed E-state index contributed by atoms with van der Waals surface area (Å²) in [6.07, 6.45) is 0.740. The van der Waals surface area contributed by atoms with Gasteiger partial charge < -0.3 is 15.0 Å². The summed E-state index contributed by atoms with van der Waals surface area (Å²) < 4.78 is 5.34. The van der Waals surface area contributed by atoms with Gasteiger partial charge in [-0.2, -0.15) is 0 Å². The molecule has 1 N–H and O–H groups in total. The van der Waals surface area contributed by atoms with Gasteiger partial charge >= 0.3 is 5.97 Å². The highest BCUT2D eigenvalue weighted by Crippen LogP contribution is 2.31. The van der Waals surface area contributed by atoms with Crippen molar-refractivity contribution in [3.63, 3.8) is 0 Å². The van der Waals surface area contributed by atoms with E-state index in [9.17, 15) is 4.79 Å². The minimum absolute atomic E-state index is 0.320. The van der Waals surface area contributed by atoms with Crippen molar-refractivity contribution in [1.29, 1.82) is 0 Å². The van der Waals surface area contributed by atoms with Crippen LogP contribution in [0.15, 0.2) is 97.1 Å². The van der Waals surface area contributed by atoms with E-state index in [0.29, 0.717) is 35.4 Å². The molecule has 0 unspecified atom stereocenters. The van der Waals surface area contributed by atoms with Crippen LogP contribution in [0.5, 0.6) is 0 Å². The third-order valence-corrected chi connectivity index (χ3v) is 6.85. The normalized spacial score (nSPS) is 10.5. The average molecular weight is 501 g/mol. The Balaban J connectivity index is 1.59. The van der Waals surface area contributed by atoms with Gasteiger partial charge in [-0.25, -0.2) is 4.79 Å². The van der Waals surface area contributed by atoms with Crippen LogP contribution in [0.4, 0.5) is 5.00 Å². The van der Waals surface area contributed by atoms with E-state index in [1.807, 2.05) is 67.6 Å². The summed E-state index contributed by atoms with van der Waals surface area (Å²) in [5.74, 6) is -0.342. The molecule has 4 rings (SSSR count). The molecule has 0 saturated heterocycles. The number of ether oxygens (including phenoxy) is 1. The number of anilines is 1. The van der Waals surface area contributed by atoms with Gasteiger partial charge in [-0.15, -0.1) is 11.3 Å². The Morgan fingerprint density at radius 3 is 1.89 bits per heavy atom. The van der Waals surface area contributed by atoms with E-state index in [2.05, 4.69) is 46.6 Å². The highest BCUT2D eigenvalue weighted by atomic mass is 32.1. The van der Waals surface area contributed by atoms with E-state index < -0.39 is 0 Å². The molecule has 35 heavy (non-hydrogen) atoms. The van der Waals surface area contributed by atoms with Crippen molar-refractivity contribution in [2.24, 2.45) is 0 Å². The first-order chi connectivity index (χ1) is 17.1.